The Morgan fingerprint density at radius 1 is 1.03 bits per heavy atom. The Kier molecular flexibility index (Phi) is 8.16. The molecule has 0 saturated heterocycles. The Balaban J connectivity index is 1.72. The molecule has 3 rings (SSSR count). The van der Waals surface area contributed by atoms with Crippen molar-refractivity contribution in [1.29, 1.82) is 0 Å². The van der Waals surface area contributed by atoms with E-state index in [-0.39, 0.29) is 25.3 Å². The summed E-state index contributed by atoms with van der Waals surface area (Å²) in [5, 5.41) is 81.6. The first-order valence-corrected chi connectivity index (χ1v) is 10.6. The average Bonchev–Trinajstić information content (AvgIpc) is 3.24. The lowest BCUT2D eigenvalue weighted by atomic mass is 9.78. The van der Waals surface area contributed by atoms with E-state index < -0.39 is 73.8 Å². The van der Waals surface area contributed by atoms with E-state index in [2.05, 4.69) is 15.6 Å². The highest BCUT2D eigenvalue weighted by Crippen LogP contribution is 2.37. The van der Waals surface area contributed by atoms with E-state index in [1.807, 2.05) is 0 Å². The number of hydrogen-bond acceptors (Lipinski definition) is 11. The molecule has 0 aliphatic heterocycles. The van der Waals surface area contributed by atoms with E-state index in [0.29, 0.717) is 5.69 Å². The van der Waals surface area contributed by atoms with Crippen LogP contribution < -0.4 is 5.32 Å². The van der Waals surface area contributed by atoms with Crippen LogP contribution in [0, 0.1) is 11.8 Å². The molecule has 10 atom stereocenters. The zero-order chi connectivity index (χ0) is 23.6. The molecule has 0 radical (unpaired) electrons. The third-order valence-corrected chi connectivity index (χ3v) is 6.41. The summed E-state index contributed by atoms with van der Waals surface area (Å²) in [6.07, 6.45) is -7.54. The molecule has 0 bridgehead atoms. The zero-order valence-electron chi connectivity index (χ0n) is 17.7. The lowest BCUT2D eigenvalue weighted by Crippen LogP contribution is -2.59. The topological polar surface area (TPSA) is 211 Å². The molecule has 0 spiro atoms. The molecule has 182 valence electrons. The van der Waals surface area contributed by atoms with Crippen LogP contribution in [0.4, 0.5) is 0 Å². The van der Waals surface area contributed by atoms with Crippen LogP contribution in [0.1, 0.15) is 31.5 Å². The summed E-state index contributed by atoms with van der Waals surface area (Å²) >= 11 is 0. The smallest absolute Gasteiger partial charge is 0.217 e. The molecule has 2 fully saturated rings. The van der Waals surface area contributed by atoms with Crippen LogP contribution >= 0.6 is 0 Å². The first-order chi connectivity index (χ1) is 15.2. The highest BCUT2D eigenvalue weighted by atomic mass is 16.5. The predicted molar refractivity (Wildman–Crippen MR) is 106 cm³/mol. The summed E-state index contributed by atoms with van der Waals surface area (Å²) in [6, 6.07) is -0.727. The molecule has 1 amide bonds. The van der Waals surface area contributed by atoms with Gasteiger partial charge in [-0.05, 0) is 12.8 Å². The van der Waals surface area contributed by atoms with Gasteiger partial charge in [-0.1, -0.05) is 5.21 Å². The van der Waals surface area contributed by atoms with Crippen LogP contribution in [0.5, 0.6) is 0 Å². The van der Waals surface area contributed by atoms with Gasteiger partial charge < -0.3 is 45.8 Å². The van der Waals surface area contributed by atoms with E-state index in [0.717, 1.165) is 0 Å². The molecule has 1 aromatic heterocycles. The average molecular weight is 460 g/mol. The van der Waals surface area contributed by atoms with Crippen LogP contribution in [0.15, 0.2) is 6.20 Å². The van der Waals surface area contributed by atoms with E-state index in [1.165, 1.54) is 17.8 Å². The quantitative estimate of drug-likeness (QED) is 0.197. The molecule has 8 N–H and O–H groups in total. The summed E-state index contributed by atoms with van der Waals surface area (Å²) < 4.78 is 7.20. The van der Waals surface area contributed by atoms with Crippen LogP contribution in [0.2, 0.25) is 0 Å². The summed E-state index contributed by atoms with van der Waals surface area (Å²) in [4.78, 5) is 11.1. The number of aliphatic hydroxyl groups excluding tert-OH is 7. The second-order valence-corrected chi connectivity index (χ2v) is 8.62. The number of aliphatic hydroxyl groups is 7. The fourth-order valence-electron chi connectivity index (χ4n) is 4.49. The minimum atomic E-state index is -1.55. The number of hydrogen-bond donors (Lipinski definition) is 8. The molecule has 13 heteroatoms. The van der Waals surface area contributed by atoms with Crippen molar-refractivity contribution in [3.8, 4) is 0 Å². The summed E-state index contributed by atoms with van der Waals surface area (Å²) in [6.45, 7) is 0.689. The SMILES string of the molecule is CC(=O)NCc1cn([C@@H]2CC(CO)[C@@H](O[C@@H]3CC(CO)[C@H](O)[C@H](O)C3O)[C@H](O)C2O)nn1. The Bertz CT molecular complexity index is 761. The maximum Gasteiger partial charge on any atom is 0.217 e. The highest BCUT2D eigenvalue weighted by Gasteiger charge is 2.49. The van der Waals surface area contributed by atoms with Crippen molar-refractivity contribution in [3.63, 3.8) is 0 Å². The van der Waals surface area contributed by atoms with Gasteiger partial charge in [0.2, 0.25) is 5.91 Å². The van der Waals surface area contributed by atoms with E-state index in [4.69, 9.17) is 4.74 Å². The minimum absolute atomic E-state index is 0.0202. The van der Waals surface area contributed by atoms with Crippen molar-refractivity contribution in [2.75, 3.05) is 13.2 Å². The van der Waals surface area contributed by atoms with Crippen molar-refractivity contribution in [3.05, 3.63) is 11.9 Å². The maximum absolute atomic E-state index is 11.1. The van der Waals surface area contributed by atoms with Crippen molar-refractivity contribution in [2.24, 2.45) is 11.8 Å². The van der Waals surface area contributed by atoms with Gasteiger partial charge in [0.25, 0.3) is 0 Å². The lowest BCUT2D eigenvalue weighted by Gasteiger charge is -2.46. The number of aromatic nitrogens is 3. The van der Waals surface area contributed by atoms with Crippen molar-refractivity contribution >= 4 is 5.91 Å². The van der Waals surface area contributed by atoms with Gasteiger partial charge in [0.15, 0.2) is 0 Å². The van der Waals surface area contributed by atoms with Crippen molar-refractivity contribution in [2.45, 2.75) is 75.1 Å². The van der Waals surface area contributed by atoms with Gasteiger partial charge in [0.1, 0.15) is 30.1 Å². The van der Waals surface area contributed by atoms with Crippen molar-refractivity contribution < 1.29 is 45.3 Å². The van der Waals surface area contributed by atoms with Gasteiger partial charge in [-0.2, -0.15) is 0 Å². The third-order valence-electron chi connectivity index (χ3n) is 6.41. The van der Waals surface area contributed by atoms with E-state index in [1.54, 1.807) is 0 Å². The normalized spacial score (nSPS) is 40.2. The molecule has 1 heterocycles. The van der Waals surface area contributed by atoms with Crippen LogP contribution in [-0.2, 0) is 16.1 Å². The Morgan fingerprint density at radius 2 is 1.72 bits per heavy atom. The zero-order valence-corrected chi connectivity index (χ0v) is 17.7. The summed E-state index contributed by atoms with van der Waals surface area (Å²) in [5.74, 6) is -1.62. The monoisotopic (exact) mass is 460 g/mol. The van der Waals surface area contributed by atoms with Gasteiger partial charge in [-0.3, -0.25) is 4.79 Å². The number of amides is 1. The molecule has 2 saturated carbocycles. The number of ether oxygens (including phenoxy) is 1. The fourth-order valence-corrected chi connectivity index (χ4v) is 4.49. The molecule has 2 aliphatic rings. The standard InChI is InChI=1S/C19H32N4O9/c1-8(26)20-4-11-5-23(22-21-11)12-2-10(7-25)19(18(31)15(12)28)32-13-3-9(6-24)14(27)17(30)16(13)29/h5,9-10,12-19,24-25,27-31H,2-4,6-7H2,1H3,(H,20,26)/t9?,10?,12-,13-,14+,15?,16?,17+,18-,19-/m1/s1. The Labute approximate surface area is 184 Å². The molecular weight excluding hydrogens is 428 g/mol. The Morgan fingerprint density at radius 3 is 2.34 bits per heavy atom. The van der Waals surface area contributed by atoms with Crippen LogP contribution in [0.3, 0.4) is 0 Å². The number of rotatable bonds is 7. The number of nitrogens with zero attached hydrogens (tertiary/aromatic N) is 3. The van der Waals surface area contributed by atoms with E-state index in [9.17, 15) is 40.5 Å². The number of carbonyl (C=O) groups excluding carboxylic acids is 1. The molecule has 4 unspecified atom stereocenters. The second-order valence-electron chi connectivity index (χ2n) is 8.62. The molecule has 1 aromatic rings. The number of nitrogens with one attached hydrogen (secondary N) is 1. The third kappa shape index (κ3) is 5.10. The van der Waals surface area contributed by atoms with Gasteiger partial charge in [-0.15, -0.1) is 5.10 Å². The first kappa shape index (κ1) is 24.9. The first-order valence-electron chi connectivity index (χ1n) is 10.6. The highest BCUT2D eigenvalue weighted by molar-refractivity contribution is 5.72. The van der Waals surface area contributed by atoms with Crippen LogP contribution in [0.25, 0.3) is 0 Å². The predicted octanol–water partition coefficient (Wildman–Crippen LogP) is -3.96. The van der Waals surface area contributed by atoms with E-state index >= 15 is 0 Å². The molecule has 0 aromatic carbocycles. The van der Waals surface area contributed by atoms with Gasteiger partial charge in [-0.25, -0.2) is 4.68 Å². The van der Waals surface area contributed by atoms with Crippen LogP contribution in [-0.4, -0.2) is 113 Å². The summed E-state index contributed by atoms with van der Waals surface area (Å²) in [5.41, 5.74) is 0.453. The maximum atomic E-state index is 11.1. The lowest BCUT2D eigenvalue weighted by molar-refractivity contribution is -0.231. The fraction of sp³-hybridized carbons (Fsp3) is 0.842. The minimum Gasteiger partial charge on any atom is -0.396 e. The van der Waals surface area contributed by atoms with Gasteiger partial charge in [0, 0.05) is 32.0 Å². The largest absolute Gasteiger partial charge is 0.396 e. The summed E-state index contributed by atoms with van der Waals surface area (Å²) in [7, 11) is 0. The van der Waals surface area contributed by atoms with Crippen molar-refractivity contribution in [1.82, 2.24) is 20.3 Å². The Hall–Kier alpha value is -1.71. The van der Waals surface area contributed by atoms with Gasteiger partial charge in [0.05, 0.1) is 37.1 Å². The molecular formula is C19H32N4O9. The molecule has 13 nitrogen and oxygen atoms in total. The molecule has 2 aliphatic carbocycles. The molecule has 32 heavy (non-hydrogen) atoms. The number of carbonyl (C=O) groups is 1. The second kappa shape index (κ2) is 10.5. The van der Waals surface area contributed by atoms with Gasteiger partial charge >= 0.3 is 0 Å².